The number of aryl methyl sites for hydroxylation is 1. The van der Waals surface area contributed by atoms with Crippen molar-refractivity contribution < 1.29 is 13.2 Å². The van der Waals surface area contributed by atoms with Crippen molar-refractivity contribution in [2.24, 2.45) is 0 Å². The number of amides is 1. The van der Waals surface area contributed by atoms with E-state index in [1.54, 1.807) is 32.0 Å². The van der Waals surface area contributed by atoms with E-state index >= 15 is 0 Å². The van der Waals surface area contributed by atoms with Crippen molar-refractivity contribution in [3.8, 4) is 0 Å². The van der Waals surface area contributed by atoms with Gasteiger partial charge in [0.1, 0.15) is 6.04 Å². The lowest BCUT2D eigenvalue weighted by Gasteiger charge is -2.29. The Morgan fingerprint density at radius 3 is 2.48 bits per heavy atom. The van der Waals surface area contributed by atoms with Crippen molar-refractivity contribution in [3.63, 3.8) is 0 Å². The topological polar surface area (TPSA) is 69.7 Å². The predicted molar refractivity (Wildman–Crippen MR) is 94.5 cm³/mol. The summed E-state index contributed by atoms with van der Waals surface area (Å²) in [5.74, 6) is -0.350. The van der Waals surface area contributed by atoms with Crippen LogP contribution in [0.1, 0.15) is 12.5 Å². The van der Waals surface area contributed by atoms with Gasteiger partial charge in [0.25, 0.3) is 0 Å². The predicted octanol–water partition coefficient (Wildman–Crippen LogP) is 1.48. The highest BCUT2D eigenvalue weighted by Crippen LogP contribution is 2.28. The number of carbonyl (C=O) groups excluding carboxylic acids is 1. The van der Waals surface area contributed by atoms with Crippen LogP contribution in [0.4, 0.5) is 5.69 Å². The number of rotatable bonds is 7. The van der Waals surface area contributed by atoms with E-state index in [9.17, 15) is 13.2 Å². The number of nitrogens with zero attached hydrogens (tertiary/aromatic N) is 2. The molecule has 1 amide bonds. The third kappa shape index (κ3) is 5.67. The van der Waals surface area contributed by atoms with Crippen LogP contribution < -0.4 is 9.62 Å². The molecule has 0 saturated heterocycles. The lowest BCUT2D eigenvalue weighted by atomic mass is 10.2. The van der Waals surface area contributed by atoms with Crippen LogP contribution in [0.3, 0.4) is 0 Å². The molecule has 0 spiro atoms. The zero-order chi connectivity index (χ0) is 17.8. The second kappa shape index (κ2) is 7.99. The van der Waals surface area contributed by atoms with Gasteiger partial charge < -0.3 is 10.2 Å². The van der Waals surface area contributed by atoms with Gasteiger partial charge in [-0.25, -0.2) is 8.42 Å². The third-order valence-corrected chi connectivity index (χ3v) is 4.82. The van der Waals surface area contributed by atoms with Gasteiger partial charge in [0.2, 0.25) is 15.9 Å². The van der Waals surface area contributed by atoms with Gasteiger partial charge >= 0.3 is 0 Å². The Labute approximate surface area is 143 Å². The summed E-state index contributed by atoms with van der Waals surface area (Å²) in [4.78, 5) is 14.2. The molecule has 130 valence electrons. The summed E-state index contributed by atoms with van der Waals surface area (Å²) < 4.78 is 25.5. The molecule has 0 bridgehead atoms. The molecule has 1 aromatic carbocycles. The number of hydrogen-bond acceptors (Lipinski definition) is 4. The van der Waals surface area contributed by atoms with Crippen LogP contribution in [-0.4, -0.2) is 58.7 Å². The van der Waals surface area contributed by atoms with Gasteiger partial charge in [-0.15, -0.1) is 0 Å². The molecule has 0 heterocycles. The maximum Gasteiger partial charge on any atom is 0.243 e. The molecule has 1 rings (SSSR count). The highest BCUT2D eigenvalue weighted by atomic mass is 35.5. The second-order valence-corrected chi connectivity index (χ2v) is 8.06. The van der Waals surface area contributed by atoms with Gasteiger partial charge in [-0.2, -0.15) is 0 Å². The maximum atomic E-state index is 12.3. The van der Waals surface area contributed by atoms with Gasteiger partial charge in [0.05, 0.1) is 11.9 Å². The summed E-state index contributed by atoms with van der Waals surface area (Å²) in [6.07, 6.45) is 1.08. The van der Waals surface area contributed by atoms with Gasteiger partial charge in [-0.1, -0.05) is 17.7 Å². The summed E-state index contributed by atoms with van der Waals surface area (Å²) in [6, 6.07) is 4.10. The van der Waals surface area contributed by atoms with Crippen LogP contribution in [0.15, 0.2) is 18.2 Å². The van der Waals surface area contributed by atoms with E-state index in [-0.39, 0.29) is 5.91 Å². The number of nitrogens with one attached hydrogen (secondary N) is 1. The average Bonchev–Trinajstić information content (AvgIpc) is 2.40. The highest BCUT2D eigenvalue weighted by molar-refractivity contribution is 7.92. The molecule has 8 heteroatoms. The Bertz CT molecular complexity index is 662. The molecule has 23 heavy (non-hydrogen) atoms. The molecular formula is C15H24ClN3O3S. The number of carbonyl (C=O) groups is 1. The van der Waals surface area contributed by atoms with Crippen LogP contribution in [0, 0.1) is 6.92 Å². The van der Waals surface area contributed by atoms with Gasteiger partial charge in [-0.3, -0.25) is 9.10 Å². The SMILES string of the molecule is Cc1ccc(Cl)cc1N(C(C)C(=O)NCCN(C)C)S(C)(=O)=O. The molecule has 0 aliphatic rings. The van der Waals surface area contributed by atoms with Crippen molar-refractivity contribution in [2.75, 3.05) is 37.7 Å². The zero-order valence-electron chi connectivity index (χ0n) is 14.1. The fraction of sp³-hybridized carbons (Fsp3) is 0.533. The normalized spacial score (nSPS) is 13.0. The Kier molecular flexibility index (Phi) is 6.85. The highest BCUT2D eigenvalue weighted by Gasteiger charge is 2.30. The summed E-state index contributed by atoms with van der Waals surface area (Å²) >= 11 is 5.99. The third-order valence-electron chi connectivity index (χ3n) is 3.36. The first-order valence-corrected chi connectivity index (χ1v) is 9.44. The lowest BCUT2D eigenvalue weighted by molar-refractivity contribution is -0.121. The molecule has 1 N–H and O–H groups in total. The van der Waals surface area contributed by atoms with E-state index < -0.39 is 16.1 Å². The van der Waals surface area contributed by atoms with Crippen molar-refractivity contribution >= 4 is 33.2 Å². The van der Waals surface area contributed by atoms with E-state index in [0.717, 1.165) is 16.1 Å². The number of halogens is 1. The van der Waals surface area contributed by atoms with Crippen LogP contribution >= 0.6 is 11.6 Å². The first kappa shape index (κ1) is 19.7. The maximum absolute atomic E-state index is 12.3. The largest absolute Gasteiger partial charge is 0.353 e. The molecule has 0 radical (unpaired) electrons. The van der Waals surface area contributed by atoms with Gasteiger partial charge in [0, 0.05) is 18.1 Å². The molecular weight excluding hydrogens is 338 g/mol. The van der Waals surface area contributed by atoms with Crippen LogP contribution in [0.2, 0.25) is 5.02 Å². The van der Waals surface area contributed by atoms with Crippen molar-refractivity contribution in [1.29, 1.82) is 0 Å². The van der Waals surface area contributed by atoms with E-state index in [1.165, 1.54) is 0 Å². The number of anilines is 1. The minimum absolute atomic E-state index is 0.350. The van der Waals surface area contributed by atoms with E-state index in [0.29, 0.717) is 23.8 Å². The number of sulfonamides is 1. The fourth-order valence-electron chi connectivity index (χ4n) is 2.15. The Balaban J connectivity index is 3.08. The molecule has 0 aliphatic carbocycles. The van der Waals surface area contributed by atoms with E-state index in [1.807, 2.05) is 19.0 Å². The van der Waals surface area contributed by atoms with Crippen LogP contribution in [-0.2, 0) is 14.8 Å². The first-order chi connectivity index (χ1) is 10.5. The summed E-state index contributed by atoms with van der Waals surface area (Å²) in [5, 5.41) is 3.17. The number of benzene rings is 1. The number of hydrogen-bond donors (Lipinski definition) is 1. The van der Waals surface area contributed by atoms with E-state index in [2.05, 4.69) is 5.32 Å². The Morgan fingerprint density at radius 1 is 1.35 bits per heavy atom. The molecule has 1 unspecified atom stereocenters. The standard InChI is InChI=1S/C15H24ClN3O3S/c1-11-6-7-13(16)10-14(11)19(23(5,21)22)12(2)15(20)17-8-9-18(3)4/h6-7,10,12H,8-9H2,1-5H3,(H,17,20). The van der Waals surface area contributed by atoms with Gasteiger partial charge in [0.15, 0.2) is 0 Å². The Hall–Kier alpha value is -1.31. The lowest BCUT2D eigenvalue weighted by Crippen LogP contribution is -2.49. The average molecular weight is 362 g/mol. The van der Waals surface area contributed by atoms with Crippen molar-refractivity contribution in [3.05, 3.63) is 28.8 Å². The minimum Gasteiger partial charge on any atom is -0.353 e. The zero-order valence-corrected chi connectivity index (χ0v) is 15.7. The number of likely N-dealkylation sites (N-methyl/N-ethyl adjacent to an activating group) is 1. The summed E-state index contributed by atoms with van der Waals surface area (Å²) in [5.41, 5.74) is 1.14. The molecule has 1 atom stereocenters. The minimum atomic E-state index is -3.64. The molecule has 1 aromatic rings. The molecule has 0 aliphatic heterocycles. The monoisotopic (exact) mass is 361 g/mol. The molecule has 6 nitrogen and oxygen atoms in total. The van der Waals surface area contributed by atoms with Crippen LogP contribution in [0.5, 0.6) is 0 Å². The summed E-state index contributed by atoms with van der Waals surface area (Å²) in [6.45, 7) is 4.46. The Morgan fingerprint density at radius 2 is 1.96 bits per heavy atom. The van der Waals surface area contributed by atoms with Gasteiger partial charge in [-0.05, 0) is 45.6 Å². The molecule has 0 aromatic heterocycles. The second-order valence-electron chi connectivity index (χ2n) is 5.76. The van der Waals surface area contributed by atoms with Crippen LogP contribution in [0.25, 0.3) is 0 Å². The van der Waals surface area contributed by atoms with E-state index in [4.69, 9.17) is 11.6 Å². The molecule has 0 saturated carbocycles. The smallest absolute Gasteiger partial charge is 0.243 e. The summed E-state index contributed by atoms with van der Waals surface area (Å²) in [7, 11) is 0.154. The molecule has 0 fully saturated rings. The van der Waals surface area contributed by atoms with Crippen molar-refractivity contribution in [1.82, 2.24) is 10.2 Å². The first-order valence-electron chi connectivity index (χ1n) is 7.22. The fourth-order valence-corrected chi connectivity index (χ4v) is 3.54. The van der Waals surface area contributed by atoms with Crippen molar-refractivity contribution in [2.45, 2.75) is 19.9 Å². The quantitative estimate of drug-likeness (QED) is 0.798.